The van der Waals surface area contributed by atoms with Crippen LogP contribution in [-0.2, 0) is 6.54 Å². The third kappa shape index (κ3) is 2.67. The molecule has 0 spiro atoms. The molecule has 0 amide bonds. The highest BCUT2D eigenvalue weighted by atomic mass is 16.3. The molecular weight excluding hydrogens is 266 g/mol. The van der Waals surface area contributed by atoms with Gasteiger partial charge in [-0.05, 0) is 31.1 Å². The SMILES string of the molecule is Cc1ccc(O)c(Cn2cnc3c2C=CC(CO)C#C3)n1. The molecule has 0 aromatic carbocycles. The fourth-order valence-electron chi connectivity index (χ4n) is 2.19. The van der Waals surface area contributed by atoms with Crippen molar-refractivity contribution in [3.63, 3.8) is 0 Å². The fourth-order valence-corrected chi connectivity index (χ4v) is 2.19. The minimum Gasteiger partial charge on any atom is -0.506 e. The van der Waals surface area contributed by atoms with Crippen LogP contribution in [0.2, 0.25) is 0 Å². The molecule has 1 aliphatic carbocycles. The monoisotopic (exact) mass is 281 g/mol. The highest BCUT2D eigenvalue weighted by Gasteiger charge is 2.13. The Bertz CT molecular complexity index is 766. The summed E-state index contributed by atoms with van der Waals surface area (Å²) >= 11 is 0. The Morgan fingerprint density at radius 3 is 3.05 bits per heavy atom. The number of aromatic hydroxyl groups is 1. The van der Waals surface area contributed by atoms with Crippen molar-refractivity contribution in [1.82, 2.24) is 14.5 Å². The van der Waals surface area contributed by atoms with Crippen molar-refractivity contribution in [3.8, 4) is 17.6 Å². The number of hydrogen-bond acceptors (Lipinski definition) is 4. The van der Waals surface area contributed by atoms with Crippen molar-refractivity contribution in [2.75, 3.05) is 6.61 Å². The second-order valence-electron chi connectivity index (χ2n) is 4.94. The van der Waals surface area contributed by atoms with Crippen LogP contribution in [-0.4, -0.2) is 31.4 Å². The zero-order chi connectivity index (χ0) is 14.8. The summed E-state index contributed by atoms with van der Waals surface area (Å²) in [5.41, 5.74) is 2.99. The average molecular weight is 281 g/mol. The van der Waals surface area contributed by atoms with Crippen molar-refractivity contribution >= 4 is 6.08 Å². The number of aliphatic hydroxyl groups is 1. The maximum atomic E-state index is 9.90. The van der Waals surface area contributed by atoms with Crippen LogP contribution in [0.3, 0.4) is 0 Å². The van der Waals surface area contributed by atoms with Crippen molar-refractivity contribution in [2.45, 2.75) is 13.5 Å². The molecule has 2 aromatic rings. The minimum atomic E-state index is -0.168. The number of fused-ring (bicyclic) bond motifs is 1. The normalized spacial score (nSPS) is 16.0. The maximum Gasteiger partial charge on any atom is 0.138 e. The largest absolute Gasteiger partial charge is 0.506 e. The number of aryl methyl sites for hydroxylation is 1. The van der Waals surface area contributed by atoms with Gasteiger partial charge in [-0.25, -0.2) is 4.98 Å². The molecule has 1 unspecified atom stereocenters. The molecule has 0 saturated carbocycles. The first-order valence-electron chi connectivity index (χ1n) is 6.68. The molecule has 0 radical (unpaired) electrons. The highest BCUT2D eigenvalue weighted by Crippen LogP contribution is 2.20. The predicted molar refractivity (Wildman–Crippen MR) is 78.5 cm³/mol. The minimum absolute atomic E-state index is 0.00595. The van der Waals surface area contributed by atoms with Crippen LogP contribution in [0.25, 0.3) is 6.08 Å². The van der Waals surface area contributed by atoms with Crippen molar-refractivity contribution in [2.24, 2.45) is 5.92 Å². The molecule has 106 valence electrons. The van der Waals surface area contributed by atoms with E-state index in [-0.39, 0.29) is 18.3 Å². The number of imidazole rings is 1. The lowest BCUT2D eigenvalue weighted by molar-refractivity contribution is 0.278. The number of aromatic nitrogens is 3. The standard InChI is InChI=1S/C16H15N3O2/c1-11-2-7-16(21)14(18-11)8-19-10-17-13-5-3-12(9-20)4-6-15(13)19/h2,4,6-7,10,12,20-21H,8-9H2,1H3. The number of nitrogens with zero attached hydrogens (tertiary/aromatic N) is 3. The van der Waals surface area contributed by atoms with Crippen LogP contribution in [0.4, 0.5) is 0 Å². The van der Waals surface area contributed by atoms with Crippen molar-refractivity contribution < 1.29 is 10.2 Å². The highest BCUT2D eigenvalue weighted by molar-refractivity contribution is 5.57. The number of rotatable bonds is 3. The van der Waals surface area contributed by atoms with Crippen LogP contribution in [0.5, 0.6) is 5.75 Å². The first-order valence-corrected chi connectivity index (χ1v) is 6.68. The van der Waals surface area contributed by atoms with E-state index in [1.54, 1.807) is 18.5 Å². The quantitative estimate of drug-likeness (QED) is 0.833. The number of pyridine rings is 1. The van der Waals surface area contributed by atoms with Gasteiger partial charge in [-0.3, -0.25) is 4.98 Å². The lowest BCUT2D eigenvalue weighted by Crippen LogP contribution is -2.04. The van der Waals surface area contributed by atoms with Crippen molar-refractivity contribution in [1.29, 1.82) is 0 Å². The topological polar surface area (TPSA) is 71.2 Å². The molecule has 0 saturated heterocycles. The molecule has 0 aliphatic heterocycles. The molecule has 5 nitrogen and oxygen atoms in total. The van der Waals surface area contributed by atoms with Gasteiger partial charge in [0, 0.05) is 5.69 Å². The van der Waals surface area contributed by atoms with Crippen LogP contribution < -0.4 is 0 Å². The Morgan fingerprint density at radius 1 is 1.38 bits per heavy atom. The molecule has 5 heteroatoms. The van der Waals surface area contributed by atoms with Gasteiger partial charge in [0.2, 0.25) is 0 Å². The summed E-state index contributed by atoms with van der Waals surface area (Å²) in [6.07, 6.45) is 5.44. The van der Waals surface area contributed by atoms with Gasteiger partial charge in [0.1, 0.15) is 17.1 Å². The third-order valence-corrected chi connectivity index (χ3v) is 3.35. The Balaban J connectivity index is 1.95. The second kappa shape index (κ2) is 5.43. The van der Waals surface area contributed by atoms with E-state index in [0.717, 1.165) is 11.4 Å². The van der Waals surface area contributed by atoms with E-state index >= 15 is 0 Å². The van der Waals surface area contributed by atoms with E-state index in [1.807, 2.05) is 23.6 Å². The van der Waals surface area contributed by atoms with E-state index in [9.17, 15) is 10.2 Å². The van der Waals surface area contributed by atoms with Crippen LogP contribution in [0.15, 0.2) is 24.5 Å². The summed E-state index contributed by atoms with van der Waals surface area (Å²) in [5, 5.41) is 19.1. The molecule has 21 heavy (non-hydrogen) atoms. The molecule has 2 N–H and O–H groups in total. The van der Waals surface area contributed by atoms with E-state index in [1.165, 1.54) is 0 Å². The van der Waals surface area contributed by atoms with E-state index in [2.05, 4.69) is 21.8 Å². The van der Waals surface area contributed by atoms with Crippen LogP contribution in [0, 0.1) is 24.7 Å². The van der Waals surface area contributed by atoms with Gasteiger partial charge in [0.05, 0.1) is 31.1 Å². The van der Waals surface area contributed by atoms with E-state index in [4.69, 9.17) is 0 Å². The summed E-state index contributed by atoms with van der Waals surface area (Å²) in [6.45, 7) is 2.30. The lowest BCUT2D eigenvalue weighted by atomic mass is 10.1. The summed E-state index contributed by atoms with van der Waals surface area (Å²) in [4.78, 5) is 8.63. The Morgan fingerprint density at radius 2 is 2.24 bits per heavy atom. The summed E-state index contributed by atoms with van der Waals surface area (Å²) < 4.78 is 1.89. The van der Waals surface area contributed by atoms with Crippen LogP contribution in [0.1, 0.15) is 22.8 Å². The molecule has 0 fully saturated rings. The maximum absolute atomic E-state index is 9.90. The van der Waals surface area contributed by atoms with Crippen molar-refractivity contribution in [3.05, 3.63) is 47.3 Å². The first-order chi connectivity index (χ1) is 10.2. The molecule has 1 atom stereocenters. The number of aliphatic hydroxyl groups excluding tert-OH is 1. The molecular formula is C16H15N3O2. The molecule has 2 heterocycles. The third-order valence-electron chi connectivity index (χ3n) is 3.35. The van der Waals surface area contributed by atoms with Gasteiger partial charge >= 0.3 is 0 Å². The van der Waals surface area contributed by atoms with Gasteiger partial charge in [-0.2, -0.15) is 0 Å². The van der Waals surface area contributed by atoms with Gasteiger partial charge in [0.25, 0.3) is 0 Å². The van der Waals surface area contributed by atoms with Gasteiger partial charge < -0.3 is 14.8 Å². The second-order valence-corrected chi connectivity index (χ2v) is 4.94. The smallest absolute Gasteiger partial charge is 0.138 e. The Hall–Kier alpha value is -2.58. The zero-order valence-corrected chi connectivity index (χ0v) is 11.6. The van der Waals surface area contributed by atoms with E-state index < -0.39 is 0 Å². The molecule has 1 aliphatic rings. The van der Waals surface area contributed by atoms with E-state index in [0.29, 0.717) is 17.9 Å². The summed E-state index contributed by atoms with van der Waals surface area (Å²) in [6, 6.07) is 3.41. The zero-order valence-electron chi connectivity index (χ0n) is 11.6. The van der Waals surface area contributed by atoms with Gasteiger partial charge in [-0.1, -0.05) is 12.0 Å². The molecule has 0 bridgehead atoms. The summed E-state index contributed by atoms with van der Waals surface area (Å²) in [5.74, 6) is 5.93. The Kier molecular flexibility index (Phi) is 3.46. The van der Waals surface area contributed by atoms with Crippen LogP contribution >= 0.6 is 0 Å². The number of hydrogen-bond donors (Lipinski definition) is 2. The average Bonchev–Trinajstić information content (AvgIpc) is 2.73. The fraction of sp³-hybridized carbons (Fsp3) is 0.250. The van der Waals surface area contributed by atoms with Gasteiger partial charge in [0.15, 0.2) is 0 Å². The van der Waals surface area contributed by atoms with Gasteiger partial charge in [-0.15, -0.1) is 0 Å². The first kappa shape index (κ1) is 13.4. The Labute approximate surface area is 122 Å². The predicted octanol–water partition coefficient (Wildman–Crippen LogP) is 1.33. The lowest BCUT2D eigenvalue weighted by Gasteiger charge is -2.08. The molecule has 3 rings (SSSR count). The summed E-state index contributed by atoms with van der Waals surface area (Å²) in [7, 11) is 0. The molecule has 2 aromatic heterocycles.